The van der Waals surface area contributed by atoms with Crippen molar-refractivity contribution in [2.24, 2.45) is 5.92 Å². The number of carbonyl (C=O) groups excluding carboxylic acids is 1. The Morgan fingerprint density at radius 1 is 1.25 bits per heavy atom. The second-order valence-electron chi connectivity index (χ2n) is 4.37. The highest BCUT2D eigenvalue weighted by molar-refractivity contribution is 5.89. The van der Waals surface area contributed by atoms with Crippen LogP contribution in [0.4, 0.5) is 0 Å². The summed E-state index contributed by atoms with van der Waals surface area (Å²) >= 11 is 0. The van der Waals surface area contributed by atoms with Gasteiger partial charge < -0.3 is 4.74 Å². The van der Waals surface area contributed by atoms with E-state index in [1.807, 2.05) is 24.3 Å². The second kappa shape index (κ2) is 5.69. The Morgan fingerprint density at radius 3 is 2.19 bits per heavy atom. The Bertz CT molecular complexity index is 338. The lowest BCUT2D eigenvalue weighted by atomic mass is 9.86. The minimum Gasteiger partial charge on any atom is -0.465 e. The molecule has 0 aromatic heterocycles. The third-order valence-corrected chi connectivity index (χ3v) is 3.00. The fourth-order valence-corrected chi connectivity index (χ4v) is 2.08. The van der Waals surface area contributed by atoms with Crippen LogP contribution in [-0.2, 0) is 4.74 Å². The first-order chi connectivity index (χ1) is 7.60. The van der Waals surface area contributed by atoms with Crippen LogP contribution in [0, 0.1) is 5.92 Å². The maximum atomic E-state index is 11.3. The molecule has 1 atom stereocenters. The topological polar surface area (TPSA) is 26.3 Å². The summed E-state index contributed by atoms with van der Waals surface area (Å²) < 4.78 is 4.67. The van der Waals surface area contributed by atoms with Crippen LogP contribution in [0.1, 0.15) is 49.0 Å². The van der Waals surface area contributed by atoms with Crippen molar-refractivity contribution in [3.63, 3.8) is 0 Å². The fourth-order valence-electron chi connectivity index (χ4n) is 2.08. The predicted molar refractivity (Wildman–Crippen MR) is 65.7 cm³/mol. The molecule has 0 radical (unpaired) electrons. The predicted octanol–water partition coefficient (Wildman–Crippen LogP) is 3.62. The van der Waals surface area contributed by atoms with Crippen LogP contribution in [0.2, 0.25) is 0 Å². The van der Waals surface area contributed by atoms with Crippen molar-refractivity contribution in [3.05, 3.63) is 35.4 Å². The molecule has 0 fully saturated rings. The third kappa shape index (κ3) is 2.84. The summed E-state index contributed by atoms with van der Waals surface area (Å²) in [5.74, 6) is 0.907. The Hall–Kier alpha value is -1.31. The van der Waals surface area contributed by atoms with Crippen LogP contribution in [-0.4, -0.2) is 13.1 Å². The molecule has 0 spiro atoms. The van der Waals surface area contributed by atoms with Gasteiger partial charge in [0.15, 0.2) is 0 Å². The van der Waals surface area contributed by atoms with Crippen LogP contribution < -0.4 is 0 Å². The maximum absolute atomic E-state index is 11.3. The lowest BCUT2D eigenvalue weighted by Crippen LogP contribution is -2.06. The lowest BCUT2D eigenvalue weighted by molar-refractivity contribution is 0.0600. The van der Waals surface area contributed by atoms with E-state index in [4.69, 9.17) is 0 Å². The third-order valence-electron chi connectivity index (χ3n) is 3.00. The van der Waals surface area contributed by atoms with Crippen LogP contribution in [0.15, 0.2) is 24.3 Å². The average molecular weight is 220 g/mol. The first kappa shape index (κ1) is 12.8. The number of ether oxygens (including phenoxy) is 1. The molecule has 16 heavy (non-hydrogen) atoms. The van der Waals surface area contributed by atoms with E-state index in [1.165, 1.54) is 12.7 Å². The zero-order valence-electron chi connectivity index (χ0n) is 10.5. The molecule has 1 aromatic carbocycles. The van der Waals surface area contributed by atoms with Gasteiger partial charge in [-0.2, -0.15) is 0 Å². The molecule has 2 heteroatoms. The molecule has 88 valence electrons. The van der Waals surface area contributed by atoms with Gasteiger partial charge in [0, 0.05) is 0 Å². The molecule has 0 saturated heterocycles. The summed E-state index contributed by atoms with van der Waals surface area (Å²) in [6.45, 7) is 6.64. The van der Waals surface area contributed by atoms with E-state index < -0.39 is 0 Å². The van der Waals surface area contributed by atoms with Gasteiger partial charge >= 0.3 is 5.97 Å². The molecule has 0 aliphatic carbocycles. The molecule has 1 rings (SSSR count). The highest BCUT2D eigenvalue weighted by Crippen LogP contribution is 2.27. The molecule has 0 N–H and O–H groups in total. The first-order valence-electron chi connectivity index (χ1n) is 5.78. The van der Waals surface area contributed by atoms with Crippen LogP contribution in [0.5, 0.6) is 0 Å². The van der Waals surface area contributed by atoms with Crippen molar-refractivity contribution in [3.8, 4) is 0 Å². The van der Waals surface area contributed by atoms with Gasteiger partial charge in [-0.15, -0.1) is 0 Å². The van der Waals surface area contributed by atoms with Gasteiger partial charge in [-0.1, -0.05) is 32.9 Å². The second-order valence-corrected chi connectivity index (χ2v) is 4.37. The standard InChI is InChI=1S/C14H20O2/c1-5-13(10(2)3)11-6-8-12(9-7-11)14(15)16-4/h6-10,13H,5H2,1-4H3/t13-/m0/s1. The Labute approximate surface area is 97.6 Å². The molecule has 0 unspecified atom stereocenters. The minimum absolute atomic E-state index is 0.274. The summed E-state index contributed by atoms with van der Waals surface area (Å²) in [6, 6.07) is 7.74. The SMILES string of the molecule is CC[C@H](c1ccc(C(=O)OC)cc1)C(C)C. The van der Waals surface area contributed by atoms with E-state index in [9.17, 15) is 4.79 Å². The Kier molecular flexibility index (Phi) is 4.53. The Morgan fingerprint density at radius 2 is 1.81 bits per heavy atom. The van der Waals surface area contributed by atoms with Gasteiger partial charge in [0.25, 0.3) is 0 Å². The maximum Gasteiger partial charge on any atom is 0.337 e. The molecule has 0 aliphatic heterocycles. The largest absolute Gasteiger partial charge is 0.465 e. The van der Waals surface area contributed by atoms with Gasteiger partial charge in [0.05, 0.1) is 12.7 Å². The molecule has 0 saturated carbocycles. The zero-order valence-corrected chi connectivity index (χ0v) is 10.5. The Balaban J connectivity index is 2.89. The van der Waals surface area contributed by atoms with Crippen molar-refractivity contribution in [1.29, 1.82) is 0 Å². The molecular weight excluding hydrogens is 200 g/mol. The summed E-state index contributed by atoms with van der Waals surface area (Å²) in [6.07, 6.45) is 1.12. The van der Waals surface area contributed by atoms with E-state index in [2.05, 4.69) is 25.5 Å². The zero-order chi connectivity index (χ0) is 12.1. The first-order valence-corrected chi connectivity index (χ1v) is 5.78. The smallest absolute Gasteiger partial charge is 0.337 e. The molecule has 0 heterocycles. The van der Waals surface area contributed by atoms with E-state index in [1.54, 1.807) is 0 Å². The van der Waals surface area contributed by atoms with E-state index >= 15 is 0 Å². The molecule has 0 bridgehead atoms. The molecule has 2 nitrogen and oxygen atoms in total. The monoisotopic (exact) mass is 220 g/mol. The van der Waals surface area contributed by atoms with Gasteiger partial charge in [-0.25, -0.2) is 4.79 Å². The molecule has 1 aromatic rings. The number of benzene rings is 1. The normalized spacial score (nSPS) is 12.6. The number of esters is 1. The fraction of sp³-hybridized carbons (Fsp3) is 0.500. The highest BCUT2D eigenvalue weighted by Gasteiger charge is 2.14. The molecule has 0 aliphatic rings. The number of hydrogen-bond acceptors (Lipinski definition) is 2. The van der Waals surface area contributed by atoms with Crippen molar-refractivity contribution in [2.45, 2.75) is 33.1 Å². The van der Waals surface area contributed by atoms with Crippen LogP contribution >= 0.6 is 0 Å². The summed E-state index contributed by atoms with van der Waals surface area (Å²) in [4.78, 5) is 11.3. The minimum atomic E-state index is -0.274. The van der Waals surface area contributed by atoms with E-state index in [0.717, 1.165) is 6.42 Å². The van der Waals surface area contributed by atoms with Gasteiger partial charge in [0.2, 0.25) is 0 Å². The number of hydrogen-bond donors (Lipinski definition) is 0. The van der Waals surface area contributed by atoms with Gasteiger partial charge in [-0.3, -0.25) is 0 Å². The molecule has 0 amide bonds. The van der Waals surface area contributed by atoms with E-state index in [-0.39, 0.29) is 5.97 Å². The van der Waals surface area contributed by atoms with Crippen LogP contribution in [0.3, 0.4) is 0 Å². The average Bonchev–Trinajstić information content (AvgIpc) is 2.29. The van der Waals surface area contributed by atoms with Crippen molar-refractivity contribution in [1.82, 2.24) is 0 Å². The lowest BCUT2D eigenvalue weighted by Gasteiger charge is -2.19. The molecular formula is C14H20O2. The van der Waals surface area contributed by atoms with Gasteiger partial charge in [-0.05, 0) is 36.0 Å². The van der Waals surface area contributed by atoms with Gasteiger partial charge in [0.1, 0.15) is 0 Å². The number of rotatable bonds is 4. The van der Waals surface area contributed by atoms with Crippen LogP contribution in [0.25, 0.3) is 0 Å². The summed E-state index contributed by atoms with van der Waals surface area (Å²) in [7, 11) is 1.40. The summed E-state index contributed by atoms with van der Waals surface area (Å²) in [5, 5.41) is 0. The van der Waals surface area contributed by atoms with Crippen molar-refractivity contribution >= 4 is 5.97 Å². The van der Waals surface area contributed by atoms with E-state index in [0.29, 0.717) is 17.4 Å². The summed E-state index contributed by atoms with van der Waals surface area (Å²) in [5.41, 5.74) is 1.91. The quantitative estimate of drug-likeness (QED) is 0.724. The van der Waals surface area contributed by atoms with Crippen molar-refractivity contribution < 1.29 is 9.53 Å². The number of methoxy groups -OCH3 is 1. The highest BCUT2D eigenvalue weighted by atomic mass is 16.5. The number of carbonyl (C=O) groups is 1. The van der Waals surface area contributed by atoms with Crippen molar-refractivity contribution in [2.75, 3.05) is 7.11 Å².